The second-order valence-corrected chi connectivity index (χ2v) is 6.17. The second kappa shape index (κ2) is 5.72. The molecule has 1 aromatic carbocycles. The maximum absolute atomic E-state index is 12.4. The van der Waals surface area contributed by atoms with Crippen LogP contribution in [-0.4, -0.2) is 48.7 Å². The first kappa shape index (κ1) is 14.0. The molecule has 19 heavy (non-hydrogen) atoms. The van der Waals surface area contributed by atoms with E-state index in [1.165, 1.54) is 10.4 Å². The Hall–Kier alpha value is -1.39. The Morgan fingerprint density at radius 3 is 2.74 bits per heavy atom. The summed E-state index contributed by atoms with van der Waals surface area (Å²) in [4.78, 5) is 0.116. The van der Waals surface area contributed by atoms with Gasteiger partial charge in [-0.05, 0) is 18.6 Å². The van der Waals surface area contributed by atoms with Crippen LogP contribution in [0.15, 0.2) is 29.2 Å². The number of rotatable bonds is 2. The van der Waals surface area contributed by atoms with Crippen LogP contribution in [0.4, 0.5) is 0 Å². The van der Waals surface area contributed by atoms with E-state index in [0.717, 1.165) is 0 Å². The molecule has 1 unspecified atom stereocenters. The Kier molecular flexibility index (Phi) is 4.22. The molecule has 0 amide bonds. The summed E-state index contributed by atoms with van der Waals surface area (Å²) < 4.78 is 26.2. The highest BCUT2D eigenvalue weighted by Crippen LogP contribution is 2.23. The van der Waals surface area contributed by atoms with Crippen LogP contribution in [-0.2, 0) is 10.0 Å². The van der Waals surface area contributed by atoms with E-state index < -0.39 is 16.1 Å². The van der Waals surface area contributed by atoms with Crippen molar-refractivity contribution in [3.63, 3.8) is 0 Å². The molecule has 0 aromatic heterocycles. The number of aliphatic hydroxyl groups is 2. The molecule has 1 aromatic rings. The zero-order chi connectivity index (χ0) is 13.9. The van der Waals surface area contributed by atoms with Crippen molar-refractivity contribution in [2.75, 3.05) is 19.7 Å². The van der Waals surface area contributed by atoms with E-state index in [1.54, 1.807) is 18.2 Å². The molecule has 2 rings (SSSR count). The normalized spacial score (nSPS) is 20.0. The van der Waals surface area contributed by atoms with Crippen LogP contribution in [0.1, 0.15) is 12.0 Å². The van der Waals surface area contributed by atoms with Crippen molar-refractivity contribution in [2.45, 2.75) is 17.4 Å². The average molecular weight is 281 g/mol. The molecular weight excluding hydrogens is 266 g/mol. The van der Waals surface area contributed by atoms with E-state index >= 15 is 0 Å². The van der Waals surface area contributed by atoms with Gasteiger partial charge in [-0.15, -0.1) is 0 Å². The number of aliphatic hydroxyl groups excluding tert-OH is 2. The molecule has 0 bridgehead atoms. The third kappa shape index (κ3) is 2.96. The van der Waals surface area contributed by atoms with Gasteiger partial charge in [-0.25, -0.2) is 8.42 Å². The summed E-state index contributed by atoms with van der Waals surface area (Å²) in [5.74, 6) is 5.08. The fraction of sp³-hybridized carbons (Fsp3) is 0.385. The highest BCUT2D eigenvalue weighted by atomic mass is 32.2. The van der Waals surface area contributed by atoms with Crippen molar-refractivity contribution < 1.29 is 18.6 Å². The van der Waals surface area contributed by atoms with E-state index in [4.69, 9.17) is 5.11 Å². The predicted octanol–water partition coefficient (Wildman–Crippen LogP) is -0.214. The Labute approximate surface area is 112 Å². The zero-order valence-corrected chi connectivity index (χ0v) is 11.1. The lowest BCUT2D eigenvalue weighted by Gasteiger charge is -2.16. The molecule has 1 heterocycles. The zero-order valence-electron chi connectivity index (χ0n) is 10.3. The van der Waals surface area contributed by atoms with Gasteiger partial charge >= 0.3 is 0 Å². The molecule has 1 aliphatic rings. The standard InChI is InChI=1S/C13H15NO4S/c15-9-3-5-11-4-1-2-6-13(11)19(17,18)14-8-7-12(16)10-14/h1-2,4,6,12,15-16H,7-10H2. The quantitative estimate of drug-likeness (QED) is 0.735. The third-order valence-electron chi connectivity index (χ3n) is 2.93. The fourth-order valence-corrected chi connectivity index (χ4v) is 3.64. The molecule has 1 saturated heterocycles. The molecule has 1 aliphatic heterocycles. The van der Waals surface area contributed by atoms with Crippen molar-refractivity contribution in [2.24, 2.45) is 0 Å². The maximum atomic E-state index is 12.4. The molecule has 1 atom stereocenters. The smallest absolute Gasteiger partial charge is 0.244 e. The first-order chi connectivity index (χ1) is 9.05. The summed E-state index contributed by atoms with van der Waals surface area (Å²) in [5.41, 5.74) is 0.359. The lowest BCUT2D eigenvalue weighted by atomic mass is 10.2. The van der Waals surface area contributed by atoms with Crippen LogP contribution in [0.5, 0.6) is 0 Å². The molecule has 5 nitrogen and oxygen atoms in total. The highest BCUT2D eigenvalue weighted by Gasteiger charge is 2.32. The van der Waals surface area contributed by atoms with Gasteiger partial charge in [0.05, 0.1) is 11.0 Å². The lowest BCUT2D eigenvalue weighted by molar-refractivity contribution is 0.189. The van der Waals surface area contributed by atoms with Crippen molar-refractivity contribution in [3.05, 3.63) is 29.8 Å². The monoisotopic (exact) mass is 281 g/mol. The molecular formula is C13H15NO4S. The molecule has 6 heteroatoms. The minimum absolute atomic E-state index is 0.115. The average Bonchev–Trinajstić information content (AvgIpc) is 2.84. The van der Waals surface area contributed by atoms with Crippen LogP contribution < -0.4 is 0 Å². The van der Waals surface area contributed by atoms with Crippen LogP contribution in [0.2, 0.25) is 0 Å². The molecule has 1 fully saturated rings. The van der Waals surface area contributed by atoms with Crippen molar-refractivity contribution >= 4 is 10.0 Å². The number of β-amino-alcohol motifs (C(OH)–C–C–N with tert-alkyl or cyclic N) is 1. The van der Waals surface area contributed by atoms with Gasteiger partial charge in [0.1, 0.15) is 6.61 Å². The van der Waals surface area contributed by atoms with Gasteiger partial charge in [0.2, 0.25) is 10.0 Å². The van der Waals surface area contributed by atoms with Crippen LogP contribution in [0.25, 0.3) is 0 Å². The van der Waals surface area contributed by atoms with Gasteiger partial charge in [0.15, 0.2) is 0 Å². The minimum atomic E-state index is -3.64. The van der Waals surface area contributed by atoms with Crippen LogP contribution >= 0.6 is 0 Å². The van der Waals surface area contributed by atoms with Crippen LogP contribution in [0.3, 0.4) is 0 Å². The topological polar surface area (TPSA) is 77.8 Å². The summed E-state index contributed by atoms with van der Waals surface area (Å²) in [6.45, 7) is 0.103. The van der Waals surface area contributed by atoms with E-state index in [0.29, 0.717) is 18.5 Å². The SMILES string of the molecule is O=S(=O)(c1ccccc1C#CCO)N1CCC(O)C1. The van der Waals surface area contributed by atoms with Crippen molar-refractivity contribution in [1.29, 1.82) is 0 Å². The van der Waals surface area contributed by atoms with E-state index in [-0.39, 0.29) is 18.0 Å². The maximum Gasteiger partial charge on any atom is 0.244 e. The van der Waals surface area contributed by atoms with Gasteiger partial charge in [0, 0.05) is 18.7 Å². The summed E-state index contributed by atoms with van der Waals surface area (Å²) >= 11 is 0. The summed E-state index contributed by atoms with van der Waals surface area (Å²) in [6.07, 6.45) is -0.158. The van der Waals surface area contributed by atoms with Gasteiger partial charge < -0.3 is 10.2 Å². The van der Waals surface area contributed by atoms with E-state index in [2.05, 4.69) is 11.8 Å². The minimum Gasteiger partial charge on any atom is -0.392 e. The Bertz CT molecular complexity index is 615. The summed E-state index contributed by atoms with van der Waals surface area (Å²) in [6, 6.07) is 6.41. The van der Waals surface area contributed by atoms with Gasteiger partial charge in [0.25, 0.3) is 0 Å². The largest absolute Gasteiger partial charge is 0.392 e. The molecule has 2 N–H and O–H groups in total. The van der Waals surface area contributed by atoms with Crippen LogP contribution in [0, 0.1) is 11.8 Å². The van der Waals surface area contributed by atoms with E-state index in [1.807, 2.05) is 0 Å². The van der Waals surface area contributed by atoms with Crippen molar-refractivity contribution in [3.8, 4) is 11.8 Å². The van der Waals surface area contributed by atoms with E-state index in [9.17, 15) is 13.5 Å². The molecule has 0 spiro atoms. The highest BCUT2D eigenvalue weighted by molar-refractivity contribution is 7.89. The Morgan fingerprint density at radius 1 is 1.37 bits per heavy atom. The Balaban J connectivity index is 2.41. The lowest BCUT2D eigenvalue weighted by Crippen LogP contribution is -2.30. The molecule has 0 radical (unpaired) electrons. The Morgan fingerprint density at radius 2 is 2.11 bits per heavy atom. The van der Waals surface area contributed by atoms with Gasteiger partial charge in [-0.3, -0.25) is 0 Å². The first-order valence-corrected chi connectivity index (χ1v) is 7.36. The number of hydrogen-bond acceptors (Lipinski definition) is 4. The van der Waals surface area contributed by atoms with Crippen molar-refractivity contribution in [1.82, 2.24) is 4.31 Å². The predicted molar refractivity (Wildman–Crippen MR) is 69.8 cm³/mol. The van der Waals surface area contributed by atoms with Gasteiger partial charge in [-0.2, -0.15) is 4.31 Å². The number of sulfonamides is 1. The summed E-state index contributed by atoms with van der Waals surface area (Å²) in [7, 11) is -3.64. The van der Waals surface area contributed by atoms with Gasteiger partial charge in [-0.1, -0.05) is 24.0 Å². The second-order valence-electron chi connectivity index (χ2n) is 4.26. The molecule has 0 saturated carbocycles. The molecule has 0 aliphatic carbocycles. The number of hydrogen-bond donors (Lipinski definition) is 2. The number of benzene rings is 1. The fourth-order valence-electron chi connectivity index (χ4n) is 2.00. The number of nitrogens with zero attached hydrogens (tertiary/aromatic N) is 1. The third-order valence-corrected chi connectivity index (χ3v) is 4.86. The molecule has 102 valence electrons. The summed E-state index contributed by atoms with van der Waals surface area (Å²) in [5, 5.41) is 18.2. The first-order valence-electron chi connectivity index (χ1n) is 5.92.